The van der Waals surface area contributed by atoms with Crippen LogP contribution in [0.4, 0.5) is 16.5 Å². The molecule has 2 aromatic carbocycles. The molecule has 1 amide bonds. The van der Waals surface area contributed by atoms with Gasteiger partial charge in [0.2, 0.25) is 0 Å². The molecule has 6 nitrogen and oxygen atoms in total. The van der Waals surface area contributed by atoms with Crippen molar-refractivity contribution in [3.63, 3.8) is 0 Å². The molecule has 0 radical (unpaired) electrons. The number of rotatable bonds is 4. The zero-order valence-electron chi connectivity index (χ0n) is 16.7. The number of ether oxygens (including phenoxy) is 1. The lowest BCUT2D eigenvalue weighted by Gasteiger charge is -2.30. The number of benzene rings is 2. The molecular formula is C22H17N3O3S3. The number of thiophene rings is 1. The molecule has 0 spiro atoms. The average Bonchev–Trinajstić information content (AvgIpc) is 3.35. The van der Waals surface area contributed by atoms with Crippen molar-refractivity contribution in [1.82, 2.24) is 4.98 Å². The number of hydrogen-bond acceptors (Lipinski definition) is 8. The van der Waals surface area contributed by atoms with Gasteiger partial charge in [-0.05, 0) is 30.3 Å². The minimum absolute atomic E-state index is 0.292. The van der Waals surface area contributed by atoms with Gasteiger partial charge in [0.1, 0.15) is 9.71 Å². The zero-order valence-corrected chi connectivity index (χ0v) is 19.1. The molecule has 0 aliphatic carbocycles. The molecule has 0 saturated carbocycles. The van der Waals surface area contributed by atoms with E-state index >= 15 is 0 Å². The highest BCUT2D eigenvalue weighted by Crippen LogP contribution is 2.47. The highest BCUT2D eigenvalue weighted by atomic mass is 32.2. The molecule has 1 aliphatic heterocycles. The first-order valence-corrected chi connectivity index (χ1v) is 11.9. The second-order valence-corrected chi connectivity index (χ2v) is 10.1. The molecule has 31 heavy (non-hydrogen) atoms. The summed E-state index contributed by atoms with van der Waals surface area (Å²) in [6.45, 7) is -0.339. The van der Waals surface area contributed by atoms with Crippen LogP contribution in [0, 0.1) is 0 Å². The fraction of sp³-hybridized carbons (Fsp3) is 0.136. The van der Waals surface area contributed by atoms with Crippen molar-refractivity contribution in [3.8, 4) is 0 Å². The quantitative estimate of drug-likeness (QED) is 0.374. The Labute approximate surface area is 191 Å². The summed E-state index contributed by atoms with van der Waals surface area (Å²) in [6.07, 6.45) is 0. The number of nitrogens with zero attached hydrogens (tertiary/aromatic N) is 3. The molecule has 0 atom stereocenters. The van der Waals surface area contributed by atoms with Crippen LogP contribution in [0.2, 0.25) is 0 Å². The van der Waals surface area contributed by atoms with Crippen molar-refractivity contribution >= 4 is 72.3 Å². The van der Waals surface area contributed by atoms with Crippen LogP contribution in [0.15, 0.2) is 64.4 Å². The smallest absolute Gasteiger partial charge is 0.348 e. The molecule has 0 fully saturated rings. The molecule has 3 heterocycles. The third-order valence-corrected chi connectivity index (χ3v) is 8.11. The Hall–Kier alpha value is -2.88. The maximum Gasteiger partial charge on any atom is 0.348 e. The van der Waals surface area contributed by atoms with Gasteiger partial charge in [0.15, 0.2) is 11.7 Å². The van der Waals surface area contributed by atoms with Crippen LogP contribution in [-0.2, 0) is 9.53 Å². The molecule has 5 rings (SSSR count). The van der Waals surface area contributed by atoms with E-state index in [4.69, 9.17) is 4.74 Å². The maximum atomic E-state index is 13.1. The molecule has 4 aromatic rings. The van der Waals surface area contributed by atoms with Gasteiger partial charge in [0.25, 0.3) is 5.91 Å². The number of hydrogen-bond donors (Lipinski definition) is 0. The van der Waals surface area contributed by atoms with Gasteiger partial charge < -0.3 is 9.64 Å². The first-order chi connectivity index (χ1) is 15.0. The van der Waals surface area contributed by atoms with E-state index < -0.39 is 5.97 Å². The topological polar surface area (TPSA) is 62.7 Å². The number of esters is 1. The predicted molar refractivity (Wildman–Crippen MR) is 126 cm³/mol. The summed E-state index contributed by atoms with van der Waals surface area (Å²) < 4.78 is 6.32. The zero-order chi connectivity index (χ0) is 21.5. The third-order valence-electron chi connectivity index (χ3n) is 4.67. The van der Waals surface area contributed by atoms with E-state index in [0.29, 0.717) is 4.88 Å². The Morgan fingerprint density at radius 3 is 2.26 bits per heavy atom. The summed E-state index contributed by atoms with van der Waals surface area (Å²) in [4.78, 5) is 37.0. The largest absolute Gasteiger partial charge is 0.451 e. The van der Waals surface area contributed by atoms with Crippen molar-refractivity contribution in [2.75, 3.05) is 30.5 Å². The number of para-hydroxylation sites is 2. The van der Waals surface area contributed by atoms with Crippen LogP contribution >= 0.6 is 34.4 Å². The van der Waals surface area contributed by atoms with E-state index in [9.17, 15) is 9.59 Å². The minimum Gasteiger partial charge on any atom is -0.451 e. The van der Waals surface area contributed by atoms with Crippen LogP contribution < -0.4 is 9.80 Å². The number of amides is 1. The van der Waals surface area contributed by atoms with Gasteiger partial charge in [-0.25, -0.2) is 9.78 Å². The fourth-order valence-corrected chi connectivity index (χ4v) is 6.34. The number of thiazole rings is 1. The second-order valence-electron chi connectivity index (χ2n) is 7.01. The van der Waals surface area contributed by atoms with Crippen molar-refractivity contribution < 1.29 is 14.3 Å². The lowest BCUT2D eigenvalue weighted by atomic mass is 10.2. The van der Waals surface area contributed by atoms with Crippen molar-refractivity contribution in [2.45, 2.75) is 9.79 Å². The van der Waals surface area contributed by atoms with Gasteiger partial charge in [0.05, 0.1) is 16.1 Å². The van der Waals surface area contributed by atoms with Crippen LogP contribution in [0.25, 0.3) is 9.53 Å². The van der Waals surface area contributed by atoms with Crippen LogP contribution in [0.5, 0.6) is 0 Å². The van der Waals surface area contributed by atoms with E-state index in [-0.39, 0.29) is 12.5 Å². The molecule has 1 aliphatic rings. The van der Waals surface area contributed by atoms with E-state index in [0.717, 1.165) is 35.8 Å². The number of aromatic nitrogens is 1. The first kappa shape index (κ1) is 20.0. The van der Waals surface area contributed by atoms with E-state index in [2.05, 4.69) is 4.98 Å². The molecule has 0 N–H and O–H groups in total. The van der Waals surface area contributed by atoms with Gasteiger partial charge in [0, 0.05) is 23.9 Å². The molecule has 0 bridgehead atoms. The van der Waals surface area contributed by atoms with Crippen molar-refractivity contribution in [2.24, 2.45) is 0 Å². The predicted octanol–water partition coefficient (Wildman–Crippen LogP) is 5.41. The third kappa shape index (κ3) is 3.69. The molecule has 0 saturated heterocycles. The normalized spacial score (nSPS) is 12.4. The Morgan fingerprint density at radius 1 is 1.00 bits per heavy atom. The van der Waals surface area contributed by atoms with Crippen LogP contribution in [0.1, 0.15) is 9.67 Å². The summed E-state index contributed by atoms with van der Waals surface area (Å²) in [7, 11) is 3.86. The molecule has 156 valence electrons. The van der Waals surface area contributed by atoms with E-state index in [1.54, 1.807) is 22.7 Å². The Balaban J connectivity index is 1.35. The van der Waals surface area contributed by atoms with Crippen molar-refractivity contribution in [3.05, 3.63) is 59.5 Å². The molecule has 0 unspecified atom stereocenters. The van der Waals surface area contributed by atoms with E-state index in [1.807, 2.05) is 67.5 Å². The lowest BCUT2D eigenvalue weighted by molar-refractivity contribution is -0.121. The van der Waals surface area contributed by atoms with Gasteiger partial charge in [-0.2, -0.15) is 0 Å². The summed E-state index contributed by atoms with van der Waals surface area (Å²) in [5.41, 5.74) is 1.59. The standard InChI is InChI=1S/C22H17N3O3S3/c1-24(2)22-23-20-17(31-22)11-18(30-20)21(27)28-12-19(26)25-13-7-3-5-9-15(13)29-16-10-6-4-8-14(16)25/h3-11H,12H2,1-2H3. The minimum atomic E-state index is -0.511. The van der Waals surface area contributed by atoms with E-state index in [1.165, 1.54) is 22.7 Å². The highest BCUT2D eigenvalue weighted by molar-refractivity contribution is 7.99. The summed E-state index contributed by atoms with van der Waals surface area (Å²) >= 11 is 4.42. The maximum absolute atomic E-state index is 13.1. The summed E-state index contributed by atoms with van der Waals surface area (Å²) in [5.74, 6) is -0.803. The average molecular weight is 468 g/mol. The Bertz CT molecular complexity index is 1230. The fourth-order valence-electron chi connectivity index (χ4n) is 3.25. The van der Waals surface area contributed by atoms with Crippen molar-refractivity contribution in [1.29, 1.82) is 0 Å². The number of carbonyl (C=O) groups is 2. The van der Waals surface area contributed by atoms with Gasteiger partial charge in [-0.15, -0.1) is 11.3 Å². The summed E-state index contributed by atoms with van der Waals surface area (Å²) in [6, 6.07) is 17.2. The molecule has 9 heteroatoms. The second kappa shape index (κ2) is 7.99. The monoisotopic (exact) mass is 467 g/mol. The SMILES string of the molecule is CN(C)c1nc2sc(C(=O)OCC(=O)N3c4ccccc4Sc4ccccc43)cc2s1. The number of fused-ring (bicyclic) bond motifs is 3. The lowest BCUT2D eigenvalue weighted by Crippen LogP contribution is -2.32. The highest BCUT2D eigenvalue weighted by Gasteiger charge is 2.28. The Morgan fingerprint density at radius 2 is 1.65 bits per heavy atom. The van der Waals surface area contributed by atoms with Gasteiger partial charge >= 0.3 is 5.97 Å². The number of carbonyl (C=O) groups excluding carboxylic acids is 2. The Kier molecular flexibility index (Phi) is 5.17. The van der Waals surface area contributed by atoms with Gasteiger partial charge in [-0.3, -0.25) is 9.69 Å². The molecule has 2 aromatic heterocycles. The van der Waals surface area contributed by atoms with Crippen LogP contribution in [0.3, 0.4) is 0 Å². The summed E-state index contributed by atoms with van der Waals surface area (Å²) in [5, 5.41) is 0.886. The molecular weight excluding hydrogens is 450 g/mol. The van der Waals surface area contributed by atoms with Gasteiger partial charge in [-0.1, -0.05) is 47.4 Å². The number of anilines is 3. The first-order valence-electron chi connectivity index (χ1n) is 9.45. The van der Waals surface area contributed by atoms with Crippen LogP contribution in [-0.4, -0.2) is 37.6 Å².